The lowest BCUT2D eigenvalue weighted by atomic mass is 9.90. The smallest absolute Gasteiger partial charge is 0.475 e. The van der Waals surface area contributed by atoms with Crippen molar-refractivity contribution in [1.29, 1.82) is 0 Å². The van der Waals surface area contributed by atoms with Crippen molar-refractivity contribution in [2.75, 3.05) is 23.8 Å². The lowest BCUT2D eigenvalue weighted by Gasteiger charge is -2.30. The van der Waals surface area contributed by atoms with Crippen LogP contribution in [0.25, 0.3) is 16.9 Å². The highest BCUT2D eigenvalue weighted by molar-refractivity contribution is 5.94. The van der Waals surface area contributed by atoms with Crippen LogP contribution in [0.2, 0.25) is 0 Å². The van der Waals surface area contributed by atoms with E-state index in [9.17, 15) is 31.5 Å². The summed E-state index contributed by atoms with van der Waals surface area (Å²) in [7, 11) is 1.75. The van der Waals surface area contributed by atoms with Crippen LogP contribution in [0.1, 0.15) is 39.3 Å². The van der Waals surface area contributed by atoms with E-state index in [0.29, 0.717) is 54.8 Å². The first-order valence-corrected chi connectivity index (χ1v) is 13.2. The summed E-state index contributed by atoms with van der Waals surface area (Å²) < 4.78 is 61.7. The summed E-state index contributed by atoms with van der Waals surface area (Å²) in [6, 6.07) is 8.07. The Morgan fingerprint density at radius 3 is 2.48 bits per heavy atom. The second-order valence-corrected chi connectivity index (χ2v) is 9.94. The van der Waals surface area contributed by atoms with Crippen LogP contribution < -0.4 is 15.5 Å². The molecule has 0 saturated heterocycles. The number of amides is 1. The van der Waals surface area contributed by atoms with Crippen molar-refractivity contribution in [3.63, 3.8) is 0 Å². The van der Waals surface area contributed by atoms with E-state index in [0.717, 1.165) is 11.3 Å². The van der Waals surface area contributed by atoms with Crippen molar-refractivity contribution < 1.29 is 41.4 Å². The second kappa shape index (κ2) is 11.9. The van der Waals surface area contributed by atoms with E-state index in [4.69, 9.17) is 15.0 Å². The van der Waals surface area contributed by atoms with Gasteiger partial charge in [0.1, 0.15) is 17.7 Å². The Balaban J connectivity index is 0.000000493. The number of hydrogen-bond acceptors (Lipinski definition) is 8. The predicted molar refractivity (Wildman–Crippen MR) is 147 cm³/mol. The molecule has 0 bridgehead atoms. The maximum atomic E-state index is 14.8. The number of carboxylic acid groups (broad SMARTS) is 1. The molecule has 1 fully saturated rings. The number of halogens is 5. The number of aromatic nitrogens is 4. The maximum absolute atomic E-state index is 14.8. The van der Waals surface area contributed by atoms with Crippen LogP contribution in [0.4, 0.5) is 39.1 Å². The molecule has 3 N–H and O–H groups in total. The van der Waals surface area contributed by atoms with E-state index < -0.39 is 36.1 Å². The predicted octanol–water partition coefficient (Wildman–Crippen LogP) is 4.34. The van der Waals surface area contributed by atoms with Gasteiger partial charge in [-0.2, -0.15) is 13.2 Å². The number of anilines is 3. The monoisotopic (exact) mass is 617 g/mol. The molecule has 0 radical (unpaired) electrons. The molecular formula is C28H24F5N7O4. The minimum absolute atomic E-state index is 0.173. The first-order valence-electron chi connectivity index (χ1n) is 13.2. The van der Waals surface area contributed by atoms with Crippen LogP contribution in [0.3, 0.4) is 0 Å². The highest BCUT2D eigenvalue weighted by Crippen LogP contribution is 2.40. The van der Waals surface area contributed by atoms with Crippen LogP contribution >= 0.6 is 0 Å². The van der Waals surface area contributed by atoms with Gasteiger partial charge in [0.05, 0.1) is 17.9 Å². The van der Waals surface area contributed by atoms with Gasteiger partial charge in [0.25, 0.3) is 5.91 Å². The van der Waals surface area contributed by atoms with Crippen LogP contribution in [0.15, 0.2) is 42.7 Å². The Kier molecular flexibility index (Phi) is 8.17. The Labute approximate surface area is 245 Å². The second-order valence-electron chi connectivity index (χ2n) is 9.94. The highest BCUT2D eigenvalue weighted by Gasteiger charge is 2.38. The average molecular weight is 618 g/mol. The number of alkyl halides is 4. The Bertz CT molecular complexity index is 1760. The van der Waals surface area contributed by atoms with Gasteiger partial charge in [-0.15, -0.1) is 5.10 Å². The number of fused-ring (bicyclic) bond motifs is 2. The molecular weight excluding hydrogens is 593 g/mol. The van der Waals surface area contributed by atoms with E-state index in [1.807, 2.05) is 23.1 Å². The summed E-state index contributed by atoms with van der Waals surface area (Å²) in [5.41, 5.74) is 4.09. The Hall–Kier alpha value is -5.15. The third-order valence-corrected chi connectivity index (χ3v) is 7.26. The lowest BCUT2D eigenvalue weighted by Crippen LogP contribution is -2.48. The number of aliphatic carboxylic acids is 1. The van der Waals surface area contributed by atoms with Crippen molar-refractivity contribution in [2.45, 2.75) is 37.7 Å². The number of imidazole rings is 1. The van der Waals surface area contributed by atoms with Crippen LogP contribution in [-0.2, 0) is 11.2 Å². The SMILES string of the molecule is CNc1cc(N2CCc3c(-c4ncc(C=O)cc4F)cccc32)nn2c(C(=O)N[C@@H]3CC[C@H]3F)cnc12.O=C(O)C(F)(F)F. The number of aldehydes is 1. The van der Waals surface area contributed by atoms with Gasteiger partial charge in [0, 0.05) is 42.7 Å². The number of hydrogen-bond donors (Lipinski definition) is 3. The minimum Gasteiger partial charge on any atom is -0.475 e. The average Bonchev–Trinajstić information content (AvgIpc) is 3.63. The fraction of sp³-hybridized carbons (Fsp3) is 0.286. The molecule has 1 aliphatic carbocycles. The molecule has 0 spiro atoms. The Morgan fingerprint density at radius 2 is 1.89 bits per heavy atom. The van der Waals surface area contributed by atoms with Crippen LogP contribution in [-0.4, -0.2) is 74.8 Å². The molecule has 2 atom stereocenters. The van der Waals surface area contributed by atoms with E-state index in [2.05, 4.69) is 20.6 Å². The molecule has 4 aromatic rings. The number of benzene rings is 1. The van der Waals surface area contributed by atoms with E-state index in [1.54, 1.807) is 13.1 Å². The zero-order valence-corrected chi connectivity index (χ0v) is 22.9. The molecule has 6 rings (SSSR count). The van der Waals surface area contributed by atoms with Gasteiger partial charge >= 0.3 is 12.1 Å². The molecule has 11 nitrogen and oxygen atoms in total. The van der Waals surface area contributed by atoms with Crippen molar-refractivity contribution in [1.82, 2.24) is 24.9 Å². The molecule has 230 valence electrons. The molecule has 0 unspecified atom stereocenters. The Morgan fingerprint density at radius 1 is 1.14 bits per heavy atom. The maximum Gasteiger partial charge on any atom is 0.490 e. The number of rotatable bonds is 6. The van der Waals surface area contributed by atoms with Gasteiger partial charge in [-0.1, -0.05) is 12.1 Å². The number of carbonyl (C=O) groups excluding carboxylic acids is 2. The van der Waals surface area contributed by atoms with Gasteiger partial charge in [0.15, 0.2) is 23.4 Å². The first-order chi connectivity index (χ1) is 20.9. The fourth-order valence-electron chi connectivity index (χ4n) is 4.90. The molecule has 1 aliphatic heterocycles. The normalized spacial score (nSPS) is 17.3. The molecule has 4 heterocycles. The molecule has 2 aliphatic rings. The third kappa shape index (κ3) is 5.74. The van der Waals surface area contributed by atoms with E-state index in [1.165, 1.54) is 23.0 Å². The summed E-state index contributed by atoms with van der Waals surface area (Å²) in [5, 5.41) is 17.7. The van der Waals surface area contributed by atoms with Gasteiger partial charge in [0.2, 0.25) is 0 Å². The minimum atomic E-state index is -5.08. The molecule has 1 amide bonds. The quantitative estimate of drug-likeness (QED) is 0.213. The number of nitrogens with one attached hydrogen (secondary N) is 2. The van der Waals surface area contributed by atoms with E-state index in [-0.39, 0.29) is 17.0 Å². The van der Waals surface area contributed by atoms with Gasteiger partial charge in [-0.05, 0) is 37.0 Å². The fourth-order valence-corrected chi connectivity index (χ4v) is 4.90. The summed E-state index contributed by atoms with van der Waals surface area (Å²) >= 11 is 0. The number of pyridine rings is 1. The highest BCUT2D eigenvalue weighted by atomic mass is 19.4. The van der Waals surface area contributed by atoms with Crippen LogP contribution in [0.5, 0.6) is 0 Å². The molecule has 1 saturated carbocycles. The van der Waals surface area contributed by atoms with Crippen molar-refractivity contribution in [2.24, 2.45) is 0 Å². The van der Waals surface area contributed by atoms with Gasteiger partial charge in [-0.25, -0.2) is 23.1 Å². The largest absolute Gasteiger partial charge is 0.490 e. The van der Waals surface area contributed by atoms with Crippen LogP contribution in [0, 0.1) is 5.82 Å². The van der Waals surface area contributed by atoms with Crippen molar-refractivity contribution >= 4 is 41.0 Å². The van der Waals surface area contributed by atoms with Crippen molar-refractivity contribution in [3.05, 3.63) is 65.4 Å². The first kappa shape index (κ1) is 30.3. The van der Waals surface area contributed by atoms with Gasteiger partial charge < -0.3 is 20.6 Å². The summed E-state index contributed by atoms with van der Waals surface area (Å²) in [6.45, 7) is 0.573. The van der Waals surface area contributed by atoms with E-state index >= 15 is 0 Å². The standard InChI is InChI=1S/C26H23F2N7O2.C2HF3O2/c1-29-20-10-23(33-35-22(12-31-25(20)35)26(37)32-19-6-5-17(19)27)34-8-7-15-16(3-2-4-21(15)34)24-18(28)9-14(13-36)11-30-24;3-2(4,5)1(6)7/h2-4,9-13,17,19,29H,5-8H2,1H3,(H,32,37);(H,6,7)/t17-,19-;/m1./s1. The molecule has 1 aromatic carbocycles. The topological polar surface area (TPSA) is 142 Å². The zero-order valence-electron chi connectivity index (χ0n) is 22.9. The summed E-state index contributed by atoms with van der Waals surface area (Å²) in [5.74, 6) is -3.19. The van der Waals surface area contributed by atoms with Crippen molar-refractivity contribution in [3.8, 4) is 11.3 Å². The summed E-state index contributed by atoms with van der Waals surface area (Å²) in [6.07, 6.45) is -1.11. The van der Waals surface area contributed by atoms with Gasteiger partial charge in [-0.3, -0.25) is 14.6 Å². The number of carbonyl (C=O) groups is 3. The molecule has 16 heteroatoms. The zero-order chi connectivity index (χ0) is 31.8. The number of carboxylic acids is 1. The molecule has 3 aromatic heterocycles. The number of nitrogens with zero attached hydrogens (tertiary/aromatic N) is 5. The third-order valence-electron chi connectivity index (χ3n) is 7.26. The molecule has 44 heavy (non-hydrogen) atoms. The lowest BCUT2D eigenvalue weighted by molar-refractivity contribution is -0.192. The summed E-state index contributed by atoms with van der Waals surface area (Å²) in [4.78, 5) is 43.3.